The van der Waals surface area contributed by atoms with Gasteiger partial charge in [-0.15, -0.1) is 11.6 Å². The summed E-state index contributed by atoms with van der Waals surface area (Å²) in [5, 5.41) is -0.407. The second-order valence-electron chi connectivity index (χ2n) is 4.28. The van der Waals surface area contributed by atoms with Gasteiger partial charge in [0.2, 0.25) is 0 Å². The maximum absolute atomic E-state index is 6.36. The summed E-state index contributed by atoms with van der Waals surface area (Å²) in [6.07, 6.45) is 0. The van der Waals surface area contributed by atoms with Crippen molar-refractivity contribution in [1.82, 2.24) is 10.9 Å². The van der Waals surface area contributed by atoms with Crippen LogP contribution in [-0.2, 0) is 0 Å². The highest BCUT2D eigenvalue weighted by molar-refractivity contribution is 6.45. The van der Waals surface area contributed by atoms with E-state index in [1.54, 1.807) is 0 Å². The minimum Gasteiger partial charge on any atom is -0.285 e. The molecule has 5 heteroatoms. The largest absolute Gasteiger partial charge is 0.285 e. The van der Waals surface area contributed by atoms with Crippen molar-refractivity contribution in [2.75, 3.05) is 0 Å². The molecule has 0 amide bonds. The summed E-state index contributed by atoms with van der Waals surface area (Å²) < 4.78 is 0. The zero-order valence-corrected chi connectivity index (χ0v) is 11.4. The Bertz CT molecular complexity index is 580. The number of hydrogen-bond acceptors (Lipinski definition) is 2. The lowest BCUT2D eigenvalue weighted by molar-refractivity contribution is 0.901. The molecule has 0 atom stereocenters. The molecule has 100 valence electrons. The first-order chi connectivity index (χ1) is 9.83. The van der Waals surface area contributed by atoms with Gasteiger partial charge in [-0.3, -0.25) is 10.9 Å². The summed E-state index contributed by atoms with van der Waals surface area (Å²) in [6, 6.07) is 19.3. The van der Waals surface area contributed by atoms with Crippen LogP contribution < -0.4 is 10.9 Å². The zero-order valence-electron chi connectivity index (χ0n) is 10.6. The molecule has 1 saturated heterocycles. The third-order valence-electron chi connectivity index (χ3n) is 2.81. The van der Waals surface area contributed by atoms with E-state index in [4.69, 9.17) is 11.6 Å². The van der Waals surface area contributed by atoms with Crippen molar-refractivity contribution in [2.24, 2.45) is 9.98 Å². The van der Waals surface area contributed by atoms with E-state index >= 15 is 0 Å². The monoisotopic (exact) mass is 284 g/mol. The Hall–Kier alpha value is -2.33. The van der Waals surface area contributed by atoms with Crippen LogP contribution in [-0.4, -0.2) is 17.0 Å². The second-order valence-corrected chi connectivity index (χ2v) is 4.71. The van der Waals surface area contributed by atoms with E-state index in [2.05, 4.69) is 20.8 Å². The highest BCUT2D eigenvalue weighted by Gasteiger charge is 2.26. The third-order valence-corrected chi connectivity index (χ3v) is 3.22. The van der Waals surface area contributed by atoms with Gasteiger partial charge in [0.05, 0.1) is 11.4 Å². The Labute approximate surface area is 122 Å². The van der Waals surface area contributed by atoms with E-state index in [0.717, 1.165) is 11.4 Å². The van der Waals surface area contributed by atoms with Crippen LogP contribution >= 0.6 is 11.6 Å². The maximum Gasteiger partial charge on any atom is 0.152 e. The number of aliphatic imine (C=N–C) groups is 2. The topological polar surface area (TPSA) is 48.8 Å². The van der Waals surface area contributed by atoms with Crippen LogP contribution in [0, 0.1) is 0 Å². The first-order valence-corrected chi connectivity index (χ1v) is 6.70. The minimum atomic E-state index is -0.407. The molecule has 0 aliphatic carbocycles. The molecule has 1 heterocycles. The molecular weight excluding hydrogens is 272 g/mol. The van der Waals surface area contributed by atoms with Gasteiger partial charge >= 0.3 is 0 Å². The number of alkyl halides is 1. The lowest BCUT2D eigenvalue weighted by Gasteiger charge is -2.00. The average Bonchev–Trinajstić information content (AvgIpc) is 2.83. The van der Waals surface area contributed by atoms with Gasteiger partial charge < -0.3 is 0 Å². The summed E-state index contributed by atoms with van der Waals surface area (Å²) >= 11 is 6.36. The van der Waals surface area contributed by atoms with Crippen LogP contribution in [0.25, 0.3) is 0 Å². The van der Waals surface area contributed by atoms with Gasteiger partial charge in [-0.25, -0.2) is 9.98 Å². The summed E-state index contributed by atoms with van der Waals surface area (Å²) in [5.41, 5.74) is 7.63. The molecule has 0 spiro atoms. The molecule has 0 saturated carbocycles. The number of benzene rings is 2. The van der Waals surface area contributed by atoms with Crippen molar-refractivity contribution >= 4 is 34.6 Å². The number of para-hydroxylation sites is 2. The van der Waals surface area contributed by atoms with Gasteiger partial charge in [-0.05, 0) is 24.3 Å². The molecular formula is C15H13ClN4. The van der Waals surface area contributed by atoms with Gasteiger partial charge in [-0.2, -0.15) is 0 Å². The fraction of sp³-hybridized carbons (Fsp3) is 0.0667. The van der Waals surface area contributed by atoms with Crippen molar-refractivity contribution in [3.8, 4) is 0 Å². The normalized spacial score (nSPS) is 21.8. The average molecular weight is 285 g/mol. The van der Waals surface area contributed by atoms with E-state index in [1.165, 1.54) is 0 Å². The molecule has 4 nitrogen and oxygen atoms in total. The van der Waals surface area contributed by atoms with Crippen molar-refractivity contribution in [2.45, 2.75) is 5.38 Å². The smallest absolute Gasteiger partial charge is 0.152 e. The SMILES string of the molecule is ClC1C(=Nc2ccccc2)NNC1=Nc1ccccc1. The molecule has 1 aliphatic heterocycles. The van der Waals surface area contributed by atoms with Crippen molar-refractivity contribution < 1.29 is 0 Å². The molecule has 2 aromatic rings. The lowest BCUT2D eigenvalue weighted by Crippen LogP contribution is -2.28. The standard InChI is InChI=1S/C15H13ClN4/c16-13-14(17-11-7-3-1-4-8-11)19-20-15(13)18-12-9-5-2-6-10-12/h1-10,13H,(H,17,19)(H,18,20). The van der Waals surface area contributed by atoms with Crippen molar-refractivity contribution in [1.29, 1.82) is 0 Å². The Morgan fingerprint density at radius 2 is 1.10 bits per heavy atom. The van der Waals surface area contributed by atoms with Gasteiger partial charge in [0.25, 0.3) is 0 Å². The number of rotatable bonds is 2. The van der Waals surface area contributed by atoms with Crippen molar-refractivity contribution in [3.63, 3.8) is 0 Å². The van der Waals surface area contributed by atoms with Crippen molar-refractivity contribution in [3.05, 3.63) is 60.7 Å². The highest BCUT2D eigenvalue weighted by Crippen LogP contribution is 2.17. The number of hydrazine groups is 1. The number of halogens is 1. The Kier molecular flexibility index (Phi) is 3.65. The van der Waals surface area contributed by atoms with Crippen LogP contribution in [0.5, 0.6) is 0 Å². The van der Waals surface area contributed by atoms with E-state index in [0.29, 0.717) is 11.7 Å². The van der Waals surface area contributed by atoms with Crippen LogP contribution in [0.2, 0.25) is 0 Å². The quantitative estimate of drug-likeness (QED) is 0.832. The molecule has 0 bridgehead atoms. The summed E-state index contributed by atoms with van der Waals surface area (Å²) in [6.45, 7) is 0. The number of nitrogens with one attached hydrogen (secondary N) is 2. The lowest BCUT2D eigenvalue weighted by atomic mass is 10.3. The molecule has 1 aliphatic rings. The van der Waals surface area contributed by atoms with Crippen LogP contribution in [0.1, 0.15) is 0 Å². The zero-order chi connectivity index (χ0) is 13.8. The predicted octanol–water partition coefficient (Wildman–Crippen LogP) is 3.16. The molecule has 0 radical (unpaired) electrons. The molecule has 2 N–H and O–H groups in total. The van der Waals surface area contributed by atoms with Crippen LogP contribution in [0.15, 0.2) is 70.6 Å². The number of hydrogen-bond donors (Lipinski definition) is 2. The van der Waals surface area contributed by atoms with E-state index in [9.17, 15) is 0 Å². The molecule has 0 unspecified atom stereocenters. The highest BCUT2D eigenvalue weighted by atomic mass is 35.5. The number of amidine groups is 2. The minimum absolute atomic E-state index is 0.407. The maximum atomic E-state index is 6.36. The molecule has 2 aromatic carbocycles. The van der Waals surface area contributed by atoms with E-state index in [-0.39, 0.29) is 0 Å². The molecule has 0 aromatic heterocycles. The third kappa shape index (κ3) is 2.81. The first-order valence-electron chi connectivity index (χ1n) is 6.26. The fourth-order valence-electron chi connectivity index (χ4n) is 1.84. The summed E-state index contributed by atoms with van der Waals surface area (Å²) in [7, 11) is 0. The fourth-order valence-corrected chi connectivity index (χ4v) is 2.04. The second kappa shape index (κ2) is 5.75. The Morgan fingerprint density at radius 1 is 0.700 bits per heavy atom. The number of nitrogens with zero attached hydrogens (tertiary/aromatic N) is 2. The predicted molar refractivity (Wildman–Crippen MR) is 83.0 cm³/mol. The van der Waals surface area contributed by atoms with Gasteiger partial charge in [-0.1, -0.05) is 36.4 Å². The Morgan fingerprint density at radius 3 is 1.50 bits per heavy atom. The van der Waals surface area contributed by atoms with Gasteiger partial charge in [0.1, 0.15) is 11.7 Å². The summed E-state index contributed by atoms with van der Waals surface area (Å²) in [4.78, 5) is 8.92. The molecule has 1 fully saturated rings. The molecule has 3 rings (SSSR count). The first kappa shape index (κ1) is 12.7. The van der Waals surface area contributed by atoms with Crippen LogP contribution in [0.3, 0.4) is 0 Å². The van der Waals surface area contributed by atoms with Gasteiger partial charge in [0.15, 0.2) is 5.38 Å². The summed E-state index contributed by atoms with van der Waals surface area (Å²) in [5.74, 6) is 1.29. The Balaban J connectivity index is 1.83. The van der Waals surface area contributed by atoms with E-state index < -0.39 is 5.38 Å². The van der Waals surface area contributed by atoms with Crippen LogP contribution in [0.4, 0.5) is 11.4 Å². The molecule has 20 heavy (non-hydrogen) atoms. The van der Waals surface area contributed by atoms with Gasteiger partial charge in [0, 0.05) is 0 Å². The van der Waals surface area contributed by atoms with E-state index in [1.807, 2.05) is 60.7 Å².